The van der Waals surface area contributed by atoms with Crippen LogP contribution in [0.3, 0.4) is 0 Å². The molecule has 1 aliphatic rings. The van der Waals surface area contributed by atoms with Crippen LogP contribution in [0.25, 0.3) is 0 Å². The van der Waals surface area contributed by atoms with Crippen molar-refractivity contribution in [1.82, 2.24) is 4.98 Å². The number of ether oxygens (including phenoxy) is 1. The van der Waals surface area contributed by atoms with Crippen LogP contribution in [0.5, 0.6) is 5.75 Å². The molecule has 17 heavy (non-hydrogen) atoms. The van der Waals surface area contributed by atoms with Crippen molar-refractivity contribution >= 4 is 11.3 Å². The van der Waals surface area contributed by atoms with Gasteiger partial charge in [-0.3, -0.25) is 0 Å². The summed E-state index contributed by atoms with van der Waals surface area (Å²) in [5.74, 6) is 0.0385. The topological polar surface area (TPSA) is 42.4 Å². The monoisotopic (exact) mass is 251 g/mol. The molecule has 0 saturated heterocycles. The molecule has 3 nitrogen and oxygen atoms in total. The Bertz CT molecular complexity index is 529. The predicted octanol–water partition coefficient (Wildman–Crippen LogP) is 2.84. The minimum absolute atomic E-state index is 0.300. The van der Waals surface area contributed by atoms with Crippen LogP contribution >= 0.6 is 11.3 Å². The Morgan fingerprint density at radius 3 is 3.12 bits per heavy atom. The molecule has 2 aromatic rings. The molecule has 0 bridgehead atoms. The number of aliphatic hydroxyl groups is 1. The average molecular weight is 251 g/mol. The van der Waals surface area contributed by atoms with E-state index in [4.69, 9.17) is 4.74 Å². The van der Waals surface area contributed by atoms with E-state index < -0.39 is 6.10 Å². The molecule has 1 aromatic heterocycles. The molecule has 1 N–H and O–H groups in total. The van der Waals surface area contributed by atoms with Gasteiger partial charge in [-0.15, -0.1) is 11.3 Å². The van der Waals surface area contributed by atoms with Gasteiger partial charge in [-0.05, 0) is 12.1 Å². The van der Waals surface area contributed by atoms with Crippen molar-refractivity contribution < 1.29 is 14.2 Å². The number of halogens is 1. The first kappa shape index (κ1) is 10.7. The minimum atomic E-state index is -0.633. The van der Waals surface area contributed by atoms with Gasteiger partial charge in [-0.1, -0.05) is 0 Å². The molecule has 0 radical (unpaired) electrons. The van der Waals surface area contributed by atoms with Gasteiger partial charge >= 0.3 is 0 Å². The molecule has 1 unspecified atom stereocenters. The van der Waals surface area contributed by atoms with Gasteiger partial charge in [-0.2, -0.15) is 0 Å². The third-order valence-electron chi connectivity index (χ3n) is 2.82. The molecule has 0 saturated carbocycles. The van der Waals surface area contributed by atoms with Gasteiger partial charge in [0.25, 0.3) is 0 Å². The maximum Gasteiger partial charge on any atom is 0.144 e. The number of rotatable bonds is 1. The normalized spacial score (nSPS) is 22.9. The molecular weight excluding hydrogens is 241 g/mol. The Balaban J connectivity index is 1.97. The van der Waals surface area contributed by atoms with E-state index in [-0.39, 0.29) is 11.9 Å². The van der Waals surface area contributed by atoms with Gasteiger partial charge < -0.3 is 9.84 Å². The SMILES string of the molecule is O[C@H]1CC(c2cscn2)Oc2cc(F)ccc21. The quantitative estimate of drug-likeness (QED) is 0.847. The second-order valence-corrected chi connectivity index (χ2v) is 4.67. The lowest BCUT2D eigenvalue weighted by atomic mass is 9.98. The zero-order valence-electron chi connectivity index (χ0n) is 8.84. The summed E-state index contributed by atoms with van der Waals surface area (Å²) in [7, 11) is 0. The number of fused-ring (bicyclic) bond motifs is 1. The highest BCUT2D eigenvalue weighted by Crippen LogP contribution is 2.40. The van der Waals surface area contributed by atoms with Crippen LogP contribution in [0.1, 0.15) is 29.9 Å². The fourth-order valence-electron chi connectivity index (χ4n) is 1.98. The number of nitrogens with zero attached hydrogens (tertiary/aromatic N) is 1. The van der Waals surface area contributed by atoms with Crippen molar-refractivity contribution in [2.45, 2.75) is 18.6 Å². The van der Waals surface area contributed by atoms with Crippen molar-refractivity contribution in [2.24, 2.45) is 0 Å². The Morgan fingerprint density at radius 2 is 2.35 bits per heavy atom. The van der Waals surface area contributed by atoms with E-state index in [0.29, 0.717) is 17.7 Å². The van der Waals surface area contributed by atoms with Gasteiger partial charge in [0.1, 0.15) is 17.7 Å². The number of benzene rings is 1. The van der Waals surface area contributed by atoms with Crippen molar-refractivity contribution in [3.63, 3.8) is 0 Å². The van der Waals surface area contributed by atoms with Crippen molar-refractivity contribution in [1.29, 1.82) is 0 Å². The summed E-state index contributed by atoms with van der Waals surface area (Å²) in [6.45, 7) is 0. The minimum Gasteiger partial charge on any atom is -0.483 e. The van der Waals surface area contributed by atoms with E-state index in [1.165, 1.54) is 23.5 Å². The van der Waals surface area contributed by atoms with E-state index in [0.717, 1.165) is 5.69 Å². The zero-order valence-corrected chi connectivity index (χ0v) is 9.65. The van der Waals surface area contributed by atoms with Crippen LogP contribution in [0.15, 0.2) is 29.1 Å². The molecule has 2 heterocycles. The molecule has 5 heteroatoms. The Kier molecular flexibility index (Phi) is 2.57. The molecular formula is C12H10FNO2S. The van der Waals surface area contributed by atoms with Gasteiger partial charge in [0.2, 0.25) is 0 Å². The summed E-state index contributed by atoms with van der Waals surface area (Å²) in [4.78, 5) is 4.16. The first-order valence-corrected chi connectivity index (χ1v) is 6.20. The standard InChI is InChI=1S/C12H10FNO2S/c13-7-1-2-8-10(15)4-12(16-11(8)3-7)9-5-17-6-14-9/h1-3,5-6,10,12,15H,4H2/t10-,12?/m0/s1. The number of aromatic nitrogens is 1. The maximum absolute atomic E-state index is 13.1. The lowest BCUT2D eigenvalue weighted by Crippen LogP contribution is -2.19. The highest BCUT2D eigenvalue weighted by Gasteiger charge is 2.29. The van der Waals surface area contributed by atoms with Crippen molar-refractivity contribution in [2.75, 3.05) is 0 Å². The summed E-state index contributed by atoms with van der Waals surface area (Å²) in [6.07, 6.45) is -0.487. The second kappa shape index (κ2) is 4.09. The van der Waals surface area contributed by atoms with Gasteiger partial charge in [0, 0.05) is 23.4 Å². The highest BCUT2D eigenvalue weighted by atomic mass is 32.1. The number of thiazole rings is 1. The van der Waals surface area contributed by atoms with Crippen molar-refractivity contribution in [3.05, 3.63) is 46.2 Å². The fraction of sp³-hybridized carbons (Fsp3) is 0.250. The summed E-state index contributed by atoms with van der Waals surface area (Å²) in [6, 6.07) is 4.19. The molecule has 0 aliphatic carbocycles. The van der Waals surface area contributed by atoms with Crippen LogP contribution in [0.2, 0.25) is 0 Å². The van der Waals surface area contributed by atoms with E-state index >= 15 is 0 Å². The van der Waals surface area contributed by atoms with Gasteiger partial charge in [0.15, 0.2) is 0 Å². The van der Waals surface area contributed by atoms with E-state index in [9.17, 15) is 9.50 Å². The summed E-state index contributed by atoms with van der Waals surface area (Å²) in [5.41, 5.74) is 3.13. The third kappa shape index (κ3) is 1.92. The lowest BCUT2D eigenvalue weighted by Gasteiger charge is -2.28. The van der Waals surface area contributed by atoms with E-state index in [2.05, 4.69) is 4.98 Å². The summed E-state index contributed by atoms with van der Waals surface area (Å²) >= 11 is 1.47. The molecule has 1 aliphatic heterocycles. The summed E-state index contributed by atoms with van der Waals surface area (Å²) < 4.78 is 18.8. The van der Waals surface area contributed by atoms with Gasteiger partial charge in [-0.25, -0.2) is 9.37 Å². The molecule has 0 spiro atoms. The Hall–Kier alpha value is -1.46. The van der Waals surface area contributed by atoms with Crippen LogP contribution in [-0.4, -0.2) is 10.1 Å². The third-order valence-corrected chi connectivity index (χ3v) is 3.43. The van der Waals surface area contributed by atoms with Crippen LogP contribution in [-0.2, 0) is 0 Å². The Morgan fingerprint density at radius 1 is 1.47 bits per heavy atom. The van der Waals surface area contributed by atoms with Gasteiger partial charge in [0.05, 0.1) is 17.3 Å². The fourth-order valence-corrected chi connectivity index (χ4v) is 2.57. The molecule has 3 rings (SSSR count). The second-order valence-electron chi connectivity index (χ2n) is 3.95. The van der Waals surface area contributed by atoms with E-state index in [1.807, 2.05) is 5.38 Å². The zero-order chi connectivity index (χ0) is 11.8. The molecule has 0 fully saturated rings. The molecule has 2 atom stereocenters. The largest absolute Gasteiger partial charge is 0.483 e. The first-order valence-electron chi connectivity index (χ1n) is 5.26. The molecule has 88 valence electrons. The van der Waals surface area contributed by atoms with Crippen LogP contribution in [0.4, 0.5) is 4.39 Å². The van der Waals surface area contributed by atoms with Crippen molar-refractivity contribution in [3.8, 4) is 5.75 Å². The van der Waals surface area contributed by atoms with Crippen LogP contribution < -0.4 is 4.74 Å². The highest BCUT2D eigenvalue weighted by molar-refractivity contribution is 7.07. The average Bonchev–Trinajstić information content (AvgIpc) is 2.81. The Labute approximate surface area is 102 Å². The van der Waals surface area contributed by atoms with E-state index in [1.54, 1.807) is 11.6 Å². The maximum atomic E-state index is 13.1. The smallest absolute Gasteiger partial charge is 0.144 e. The summed E-state index contributed by atoms with van der Waals surface area (Å²) in [5, 5.41) is 11.9. The number of hydrogen-bond acceptors (Lipinski definition) is 4. The van der Waals surface area contributed by atoms with Crippen LogP contribution in [0, 0.1) is 5.82 Å². The predicted molar refractivity (Wildman–Crippen MR) is 61.5 cm³/mol. The molecule has 0 amide bonds. The lowest BCUT2D eigenvalue weighted by molar-refractivity contribution is 0.0636. The molecule has 1 aromatic carbocycles. The number of aliphatic hydroxyl groups excluding tert-OH is 1. The number of hydrogen-bond donors (Lipinski definition) is 1. The first-order chi connectivity index (χ1) is 8.24.